The number of carbonyl (C=O) groups is 1. The van der Waals surface area contributed by atoms with Crippen LogP contribution in [0.15, 0.2) is 18.2 Å². The van der Waals surface area contributed by atoms with E-state index in [9.17, 15) is 4.79 Å². The molecule has 0 spiro atoms. The number of amides is 1. The molecule has 4 nitrogen and oxygen atoms in total. The largest absolute Gasteiger partial charge is 0.494 e. The molecule has 0 aliphatic rings. The summed E-state index contributed by atoms with van der Waals surface area (Å²) in [7, 11) is 0. The molecule has 1 N–H and O–H groups in total. The predicted molar refractivity (Wildman–Crippen MR) is 71.4 cm³/mol. The van der Waals surface area contributed by atoms with E-state index in [1.165, 1.54) is 0 Å². The Labute approximate surface area is 108 Å². The highest BCUT2D eigenvalue weighted by Gasteiger charge is 2.13. The molecule has 0 unspecified atom stereocenters. The lowest BCUT2D eigenvalue weighted by atomic mass is 10.1. The monoisotopic (exact) mass is 251 g/mol. The van der Waals surface area contributed by atoms with Crippen LogP contribution in [0.2, 0.25) is 0 Å². The quantitative estimate of drug-likeness (QED) is 0.810. The third-order valence-electron chi connectivity index (χ3n) is 2.34. The van der Waals surface area contributed by atoms with Crippen molar-refractivity contribution in [1.29, 1.82) is 0 Å². The van der Waals surface area contributed by atoms with Crippen molar-refractivity contribution in [2.45, 2.75) is 27.2 Å². The summed E-state index contributed by atoms with van der Waals surface area (Å²) >= 11 is 0. The third kappa shape index (κ3) is 3.95. The van der Waals surface area contributed by atoms with Crippen molar-refractivity contribution in [3.8, 4) is 11.5 Å². The van der Waals surface area contributed by atoms with Gasteiger partial charge in [-0.05, 0) is 32.4 Å². The van der Waals surface area contributed by atoms with Crippen LogP contribution in [-0.2, 0) is 0 Å². The Balaban J connectivity index is 2.91. The number of ether oxygens (including phenoxy) is 2. The van der Waals surface area contributed by atoms with Gasteiger partial charge in [-0.3, -0.25) is 4.79 Å². The zero-order chi connectivity index (χ0) is 13.4. The van der Waals surface area contributed by atoms with Gasteiger partial charge in [0, 0.05) is 12.6 Å². The number of hydrogen-bond donors (Lipinski definition) is 1. The highest BCUT2D eigenvalue weighted by Crippen LogP contribution is 2.25. The molecule has 0 saturated heterocycles. The number of benzene rings is 1. The fraction of sp³-hybridized carbons (Fsp3) is 0.500. The van der Waals surface area contributed by atoms with Gasteiger partial charge >= 0.3 is 0 Å². The lowest BCUT2D eigenvalue weighted by Gasteiger charge is -2.12. The minimum atomic E-state index is -0.108. The molecule has 1 aromatic carbocycles. The van der Waals surface area contributed by atoms with Crippen molar-refractivity contribution < 1.29 is 14.3 Å². The fourth-order valence-electron chi connectivity index (χ4n) is 1.56. The summed E-state index contributed by atoms with van der Waals surface area (Å²) in [5.41, 5.74) is 0.550. The molecule has 0 fully saturated rings. The summed E-state index contributed by atoms with van der Waals surface area (Å²) in [6.45, 7) is 7.60. The maximum Gasteiger partial charge on any atom is 0.255 e. The first-order valence-electron chi connectivity index (χ1n) is 6.40. The maximum atomic E-state index is 11.9. The molecule has 0 heterocycles. The summed E-state index contributed by atoms with van der Waals surface area (Å²) in [5.74, 6) is 1.17. The molecule has 1 aromatic rings. The molecule has 0 radical (unpaired) electrons. The van der Waals surface area contributed by atoms with Crippen molar-refractivity contribution in [2.75, 3.05) is 19.8 Å². The number of hydrogen-bond acceptors (Lipinski definition) is 3. The molecule has 0 aliphatic heterocycles. The second-order valence-corrected chi connectivity index (χ2v) is 3.78. The molecule has 0 bridgehead atoms. The van der Waals surface area contributed by atoms with Crippen LogP contribution in [0.1, 0.15) is 37.6 Å². The summed E-state index contributed by atoms with van der Waals surface area (Å²) in [6, 6.07) is 5.28. The lowest BCUT2D eigenvalue weighted by Crippen LogP contribution is -2.24. The average molecular weight is 251 g/mol. The van der Waals surface area contributed by atoms with E-state index in [0.717, 1.165) is 6.42 Å². The predicted octanol–water partition coefficient (Wildman–Crippen LogP) is 2.62. The first-order chi connectivity index (χ1) is 8.72. The van der Waals surface area contributed by atoms with E-state index in [4.69, 9.17) is 9.47 Å². The number of nitrogens with one attached hydrogen (secondary N) is 1. The smallest absolute Gasteiger partial charge is 0.255 e. The summed E-state index contributed by atoms with van der Waals surface area (Å²) in [6.07, 6.45) is 0.909. The van der Waals surface area contributed by atoms with Gasteiger partial charge in [0.15, 0.2) is 0 Å². The topological polar surface area (TPSA) is 47.6 Å². The molecule has 100 valence electrons. The Kier molecular flexibility index (Phi) is 6.05. The molecule has 18 heavy (non-hydrogen) atoms. The Hall–Kier alpha value is -1.71. The normalized spacial score (nSPS) is 9.94. The molecular weight excluding hydrogens is 230 g/mol. The van der Waals surface area contributed by atoms with Gasteiger partial charge in [-0.25, -0.2) is 0 Å². The number of carbonyl (C=O) groups excluding carboxylic acids is 1. The Morgan fingerprint density at radius 1 is 1.17 bits per heavy atom. The van der Waals surface area contributed by atoms with Crippen molar-refractivity contribution in [2.24, 2.45) is 0 Å². The molecule has 1 rings (SSSR count). The summed E-state index contributed by atoms with van der Waals surface area (Å²) in [5, 5.41) is 2.84. The van der Waals surface area contributed by atoms with Crippen LogP contribution >= 0.6 is 0 Å². The molecule has 0 aliphatic carbocycles. The standard InChI is InChI=1S/C14H21NO3/c1-4-9-15-14(16)12-8-7-11(17-5-2)10-13(12)18-6-3/h7-8,10H,4-6,9H2,1-3H3,(H,15,16). The van der Waals surface area contributed by atoms with Gasteiger partial charge in [-0.2, -0.15) is 0 Å². The minimum absolute atomic E-state index is 0.108. The first kappa shape index (κ1) is 14.4. The van der Waals surface area contributed by atoms with Crippen LogP contribution in [0.4, 0.5) is 0 Å². The van der Waals surface area contributed by atoms with Crippen LogP contribution < -0.4 is 14.8 Å². The van der Waals surface area contributed by atoms with E-state index in [0.29, 0.717) is 36.8 Å². The summed E-state index contributed by atoms with van der Waals surface area (Å²) < 4.78 is 10.9. The van der Waals surface area contributed by atoms with E-state index in [1.807, 2.05) is 20.8 Å². The van der Waals surface area contributed by atoms with Gasteiger partial charge in [0.05, 0.1) is 18.8 Å². The van der Waals surface area contributed by atoms with Gasteiger partial charge < -0.3 is 14.8 Å². The van der Waals surface area contributed by atoms with Gasteiger partial charge in [0.25, 0.3) is 5.91 Å². The zero-order valence-electron chi connectivity index (χ0n) is 11.3. The van der Waals surface area contributed by atoms with Crippen LogP contribution in [0.25, 0.3) is 0 Å². The minimum Gasteiger partial charge on any atom is -0.494 e. The third-order valence-corrected chi connectivity index (χ3v) is 2.34. The molecule has 0 saturated carbocycles. The van der Waals surface area contributed by atoms with Crippen molar-refractivity contribution in [1.82, 2.24) is 5.32 Å². The summed E-state index contributed by atoms with van der Waals surface area (Å²) in [4.78, 5) is 11.9. The second kappa shape index (κ2) is 7.58. The molecular formula is C14H21NO3. The first-order valence-corrected chi connectivity index (χ1v) is 6.40. The number of rotatable bonds is 7. The highest BCUT2D eigenvalue weighted by molar-refractivity contribution is 5.97. The fourth-order valence-corrected chi connectivity index (χ4v) is 1.56. The SMILES string of the molecule is CCCNC(=O)c1ccc(OCC)cc1OCC. The average Bonchev–Trinajstić information content (AvgIpc) is 2.37. The molecule has 1 amide bonds. The Bertz CT molecular complexity index is 391. The van der Waals surface area contributed by atoms with Crippen molar-refractivity contribution in [3.05, 3.63) is 23.8 Å². The van der Waals surface area contributed by atoms with E-state index in [1.54, 1.807) is 18.2 Å². The van der Waals surface area contributed by atoms with Crippen LogP contribution in [0.3, 0.4) is 0 Å². The Morgan fingerprint density at radius 2 is 1.89 bits per heavy atom. The van der Waals surface area contributed by atoms with Crippen molar-refractivity contribution >= 4 is 5.91 Å². The van der Waals surface area contributed by atoms with E-state index >= 15 is 0 Å². The van der Waals surface area contributed by atoms with Gasteiger partial charge in [0.1, 0.15) is 11.5 Å². The van der Waals surface area contributed by atoms with Crippen molar-refractivity contribution in [3.63, 3.8) is 0 Å². The molecule has 0 aromatic heterocycles. The molecule has 4 heteroatoms. The molecule has 0 atom stereocenters. The maximum absolute atomic E-state index is 11.9. The second-order valence-electron chi connectivity index (χ2n) is 3.78. The zero-order valence-corrected chi connectivity index (χ0v) is 11.3. The Morgan fingerprint density at radius 3 is 2.50 bits per heavy atom. The van der Waals surface area contributed by atoms with Crippen LogP contribution in [-0.4, -0.2) is 25.7 Å². The van der Waals surface area contributed by atoms with Crippen LogP contribution in [0.5, 0.6) is 11.5 Å². The van der Waals surface area contributed by atoms with Gasteiger partial charge in [0.2, 0.25) is 0 Å². The van der Waals surface area contributed by atoms with Gasteiger partial charge in [-0.15, -0.1) is 0 Å². The van der Waals surface area contributed by atoms with E-state index < -0.39 is 0 Å². The van der Waals surface area contributed by atoms with Crippen LogP contribution in [0, 0.1) is 0 Å². The van der Waals surface area contributed by atoms with Gasteiger partial charge in [-0.1, -0.05) is 6.92 Å². The van der Waals surface area contributed by atoms with E-state index in [-0.39, 0.29) is 5.91 Å². The highest BCUT2D eigenvalue weighted by atomic mass is 16.5. The lowest BCUT2D eigenvalue weighted by molar-refractivity contribution is 0.0950. The van der Waals surface area contributed by atoms with E-state index in [2.05, 4.69) is 5.32 Å².